The monoisotopic (exact) mass is 417 g/mol. The SMILES string of the molecule is CCCN(CC(O)CO)CC(O)COc1ccc2sc3ccccc3c(=O)c2c1. The molecule has 3 rings (SSSR count). The second-order valence-electron chi connectivity index (χ2n) is 7.15. The molecule has 0 aliphatic heterocycles. The van der Waals surface area contributed by atoms with E-state index in [2.05, 4.69) is 0 Å². The maximum Gasteiger partial charge on any atom is 0.196 e. The van der Waals surface area contributed by atoms with Crippen molar-refractivity contribution in [3.05, 3.63) is 52.7 Å². The third-order valence-corrected chi connectivity index (χ3v) is 5.83. The molecule has 156 valence electrons. The highest BCUT2D eigenvalue weighted by Gasteiger charge is 2.16. The van der Waals surface area contributed by atoms with Gasteiger partial charge in [-0.1, -0.05) is 19.1 Å². The quantitative estimate of drug-likeness (QED) is 0.438. The van der Waals surface area contributed by atoms with Crippen LogP contribution < -0.4 is 10.2 Å². The van der Waals surface area contributed by atoms with Crippen molar-refractivity contribution < 1.29 is 20.1 Å². The number of aliphatic hydroxyl groups excluding tert-OH is 3. The number of hydrogen-bond donors (Lipinski definition) is 3. The zero-order valence-corrected chi connectivity index (χ0v) is 17.3. The van der Waals surface area contributed by atoms with Crippen LogP contribution in [0.1, 0.15) is 13.3 Å². The normalized spacial score (nSPS) is 13.8. The van der Waals surface area contributed by atoms with Crippen molar-refractivity contribution >= 4 is 31.5 Å². The van der Waals surface area contributed by atoms with E-state index in [9.17, 15) is 15.0 Å². The third-order valence-electron chi connectivity index (χ3n) is 4.68. The zero-order valence-electron chi connectivity index (χ0n) is 16.5. The van der Waals surface area contributed by atoms with Crippen molar-refractivity contribution in [3.8, 4) is 5.75 Å². The van der Waals surface area contributed by atoms with Crippen LogP contribution in [-0.4, -0.2) is 65.3 Å². The lowest BCUT2D eigenvalue weighted by Crippen LogP contribution is -2.41. The average molecular weight is 418 g/mol. The van der Waals surface area contributed by atoms with Crippen LogP contribution in [0.3, 0.4) is 0 Å². The Balaban J connectivity index is 1.69. The molecule has 2 unspecified atom stereocenters. The third kappa shape index (κ3) is 5.52. The zero-order chi connectivity index (χ0) is 20.8. The highest BCUT2D eigenvalue weighted by Crippen LogP contribution is 2.27. The first-order valence-electron chi connectivity index (χ1n) is 9.79. The van der Waals surface area contributed by atoms with Gasteiger partial charge in [0.1, 0.15) is 18.5 Å². The fraction of sp³-hybridized carbons (Fsp3) is 0.409. The molecule has 3 N–H and O–H groups in total. The van der Waals surface area contributed by atoms with E-state index in [1.165, 1.54) is 0 Å². The first-order valence-corrected chi connectivity index (χ1v) is 10.6. The molecule has 2 atom stereocenters. The molecule has 0 aliphatic rings. The Morgan fingerprint density at radius 3 is 2.52 bits per heavy atom. The molecule has 0 aliphatic carbocycles. The number of hydrogen-bond acceptors (Lipinski definition) is 7. The number of benzene rings is 2. The summed E-state index contributed by atoms with van der Waals surface area (Å²) in [5.74, 6) is 0.536. The molecule has 7 heteroatoms. The summed E-state index contributed by atoms with van der Waals surface area (Å²) in [6.45, 7) is 3.12. The topological polar surface area (TPSA) is 90.2 Å². The van der Waals surface area contributed by atoms with Gasteiger partial charge >= 0.3 is 0 Å². The van der Waals surface area contributed by atoms with Crippen LogP contribution >= 0.6 is 11.3 Å². The highest BCUT2D eigenvalue weighted by molar-refractivity contribution is 7.24. The van der Waals surface area contributed by atoms with Crippen LogP contribution in [0.2, 0.25) is 0 Å². The van der Waals surface area contributed by atoms with Crippen molar-refractivity contribution in [2.45, 2.75) is 25.6 Å². The molecule has 0 fully saturated rings. The minimum Gasteiger partial charge on any atom is -0.491 e. The largest absolute Gasteiger partial charge is 0.491 e. The van der Waals surface area contributed by atoms with Crippen molar-refractivity contribution in [2.75, 3.05) is 32.8 Å². The van der Waals surface area contributed by atoms with E-state index in [1.54, 1.807) is 23.5 Å². The van der Waals surface area contributed by atoms with Crippen LogP contribution in [0, 0.1) is 0 Å². The molecule has 1 aromatic heterocycles. The lowest BCUT2D eigenvalue weighted by Gasteiger charge is -2.26. The number of rotatable bonds is 10. The van der Waals surface area contributed by atoms with E-state index in [0.29, 0.717) is 36.2 Å². The number of fused-ring (bicyclic) bond motifs is 2. The van der Waals surface area contributed by atoms with Crippen LogP contribution in [-0.2, 0) is 0 Å². The first kappa shape index (κ1) is 21.7. The van der Waals surface area contributed by atoms with E-state index in [-0.39, 0.29) is 18.6 Å². The van der Waals surface area contributed by atoms with Gasteiger partial charge in [-0.2, -0.15) is 0 Å². The van der Waals surface area contributed by atoms with Crippen molar-refractivity contribution in [1.29, 1.82) is 0 Å². The Morgan fingerprint density at radius 2 is 1.76 bits per heavy atom. The van der Waals surface area contributed by atoms with Gasteiger partial charge in [0.25, 0.3) is 0 Å². The summed E-state index contributed by atoms with van der Waals surface area (Å²) < 4.78 is 7.58. The Labute approximate surface area is 173 Å². The summed E-state index contributed by atoms with van der Waals surface area (Å²) in [5, 5.41) is 30.3. The molecule has 0 radical (unpaired) electrons. The number of ether oxygens (including phenoxy) is 1. The summed E-state index contributed by atoms with van der Waals surface area (Å²) in [7, 11) is 0. The minimum absolute atomic E-state index is 0.0209. The molecule has 6 nitrogen and oxygen atoms in total. The summed E-state index contributed by atoms with van der Waals surface area (Å²) in [6.07, 6.45) is -0.714. The van der Waals surface area contributed by atoms with E-state index < -0.39 is 12.2 Å². The summed E-state index contributed by atoms with van der Waals surface area (Å²) in [4.78, 5) is 14.7. The number of nitrogens with zero attached hydrogens (tertiary/aromatic N) is 1. The fourth-order valence-electron chi connectivity index (χ4n) is 3.34. The van der Waals surface area contributed by atoms with Gasteiger partial charge in [-0.25, -0.2) is 0 Å². The highest BCUT2D eigenvalue weighted by atomic mass is 32.1. The van der Waals surface area contributed by atoms with Gasteiger partial charge in [-0.3, -0.25) is 9.69 Å². The second kappa shape index (κ2) is 10.1. The number of aliphatic hydroxyl groups is 3. The van der Waals surface area contributed by atoms with E-state index in [1.807, 2.05) is 42.2 Å². The summed E-state index contributed by atoms with van der Waals surface area (Å²) in [5.41, 5.74) is -0.0209. The predicted octanol–water partition coefficient (Wildman–Crippen LogP) is 2.22. The first-order chi connectivity index (χ1) is 14.0. The van der Waals surface area contributed by atoms with E-state index in [4.69, 9.17) is 9.84 Å². The molecule has 1 heterocycles. The van der Waals surface area contributed by atoms with Gasteiger partial charge in [0.15, 0.2) is 5.43 Å². The van der Waals surface area contributed by atoms with E-state index in [0.717, 1.165) is 15.8 Å². The molecule has 29 heavy (non-hydrogen) atoms. The van der Waals surface area contributed by atoms with Gasteiger partial charge in [0.2, 0.25) is 0 Å². The smallest absolute Gasteiger partial charge is 0.196 e. The Kier molecular flexibility index (Phi) is 7.57. The van der Waals surface area contributed by atoms with Gasteiger partial charge in [-0.05, 0) is 43.3 Å². The molecule has 0 saturated carbocycles. The van der Waals surface area contributed by atoms with Crippen LogP contribution in [0.15, 0.2) is 47.3 Å². The van der Waals surface area contributed by atoms with Gasteiger partial charge in [0.05, 0.1) is 12.7 Å². The van der Waals surface area contributed by atoms with Crippen LogP contribution in [0.5, 0.6) is 5.75 Å². The molecular formula is C22H27NO5S. The Morgan fingerprint density at radius 1 is 1.03 bits per heavy atom. The predicted molar refractivity (Wildman–Crippen MR) is 117 cm³/mol. The van der Waals surface area contributed by atoms with Crippen molar-refractivity contribution in [3.63, 3.8) is 0 Å². The standard InChI is InChI=1S/C22H27NO5S/c1-2-9-23(11-15(25)13-24)12-16(26)14-28-17-7-8-21-19(10-17)22(27)18-5-3-4-6-20(18)29-21/h3-8,10,15-16,24-26H,2,9,11-14H2,1H3. The van der Waals surface area contributed by atoms with Gasteiger partial charge in [-0.15, -0.1) is 11.3 Å². The maximum absolute atomic E-state index is 12.8. The molecule has 0 spiro atoms. The van der Waals surface area contributed by atoms with Crippen LogP contribution in [0.25, 0.3) is 20.2 Å². The molecule has 3 aromatic rings. The fourth-order valence-corrected chi connectivity index (χ4v) is 4.40. The molecule has 2 aromatic carbocycles. The van der Waals surface area contributed by atoms with Crippen molar-refractivity contribution in [1.82, 2.24) is 4.90 Å². The summed E-state index contributed by atoms with van der Waals surface area (Å²) in [6, 6.07) is 13.0. The molecule has 0 amide bonds. The lowest BCUT2D eigenvalue weighted by molar-refractivity contribution is 0.0272. The lowest BCUT2D eigenvalue weighted by atomic mass is 10.2. The second-order valence-corrected chi connectivity index (χ2v) is 8.23. The molecule has 0 saturated heterocycles. The van der Waals surface area contributed by atoms with Crippen molar-refractivity contribution in [2.24, 2.45) is 0 Å². The Bertz CT molecular complexity index is 1010. The average Bonchev–Trinajstić information content (AvgIpc) is 2.72. The van der Waals surface area contributed by atoms with E-state index >= 15 is 0 Å². The van der Waals surface area contributed by atoms with Gasteiger partial charge in [0, 0.05) is 33.3 Å². The van der Waals surface area contributed by atoms with Gasteiger partial charge < -0.3 is 20.1 Å². The van der Waals surface area contributed by atoms with Crippen LogP contribution in [0.4, 0.5) is 0 Å². The molecular weight excluding hydrogens is 390 g/mol. The minimum atomic E-state index is -0.832. The summed E-state index contributed by atoms with van der Waals surface area (Å²) >= 11 is 1.56. The molecule has 0 bridgehead atoms. The Hall–Kier alpha value is -2.03. The maximum atomic E-state index is 12.8.